The third-order valence-electron chi connectivity index (χ3n) is 10.4. The van der Waals surface area contributed by atoms with Crippen molar-refractivity contribution >= 4 is 0 Å². The van der Waals surface area contributed by atoms with E-state index in [1.807, 2.05) is 0 Å². The summed E-state index contributed by atoms with van der Waals surface area (Å²) in [5.41, 5.74) is 2.08. The number of phenolic OH excluding ortho intramolecular Hbond substituents is 3. The molecule has 3 nitrogen and oxygen atoms in total. The van der Waals surface area contributed by atoms with Gasteiger partial charge in [0.1, 0.15) is 5.75 Å². The molecule has 0 spiro atoms. The first kappa shape index (κ1) is 17.3. The molecule has 8 saturated carbocycles. The molecule has 3 N–H and O–H groups in total. The Hall–Kier alpha value is -1.38. The van der Waals surface area contributed by atoms with Gasteiger partial charge >= 0.3 is 0 Å². The zero-order chi connectivity index (χ0) is 19.5. The van der Waals surface area contributed by atoms with Gasteiger partial charge in [0.05, 0.1) is 0 Å². The average molecular weight is 395 g/mol. The smallest absolute Gasteiger partial charge is 0.161 e. The van der Waals surface area contributed by atoms with Crippen LogP contribution >= 0.6 is 0 Å². The van der Waals surface area contributed by atoms with Gasteiger partial charge in [0.25, 0.3) is 0 Å². The Morgan fingerprint density at radius 3 is 1.24 bits per heavy atom. The summed E-state index contributed by atoms with van der Waals surface area (Å²) in [6.45, 7) is 0. The van der Waals surface area contributed by atoms with E-state index in [0.717, 1.165) is 65.9 Å². The van der Waals surface area contributed by atoms with Gasteiger partial charge in [-0.1, -0.05) is 0 Å². The molecule has 29 heavy (non-hydrogen) atoms. The molecule has 0 radical (unpaired) electrons. The fourth-order valence-electron chi connectivity index (χ4n) is 10.5. The van der Waals surface area contributed by atoms with Gasteiger partial charge in [0.15, 0.2) is 11.5 Å². The normalized spacial score (nSPS) is 49.1. The lowest BCUT2D eigenvalue weighted by Gasteiger charge is -2.60. The summed E-state index contributed by atoms with van der Waals surface area (Å²) < 4.78 is 0. The SMILES string of the molecule is Oc1cc(O)c(C23CC4CC(CC(C4)C2)C3)c(C23CC4CC(CC(C4)C2)C3)c1O. The molecule has 0 unspecified atom stereocenters. The van der Waals surface area contributed by atoms with Crippen LogP contribution in [0.15, 0.2) is 6.07 Å². The van der Waals surface area contributed by atoms with Crippen LogP contribution < -0.4 is 0 Å². The summed E-state index contributed by atoms with van der Waals surface area (Å²) in [7, 11) is 0. The minimum atomic E-state index is -0.110. The number of benzene rings is 1. The minimum absolute atomic E-state index is 0.0201. The molecular formula is C26H34O3. The molecule has 1 aromatic rings. The Balaban J connectivity index is 1.44. The molecule has 0 heterocycles. The number of rotatable bonds is 2. The van der Waals surface area contributed by atoms with Crippen molar-refractivity contribution in [3.63, 3.8) is 0 Å². The van der Waals surface area contributed by atoms with Crippen molar-refractivity contribution in [3.05, 3.63) is 17.2 Å². The van der Waals surface area contributed by atoms with Crippen LogP contribution in [0, 0.1) is 35.5 Å². The van der Waals surface area contributed by atoms with Crippen molar-refractivity contribution in [2.75, 3.05) is 0 Å². The van der Waals surface area contributed by atoms with Crippen molar-refractivity contribution < 1.29 is 15.3 Å². The molecular weight excluding hydrogens is 360 g/mol. The predicted octanol–water partition coefficient (Wildman–Crippen LogP) is 5.74. The van der Waals surface area contributed by atoms with Gasteiger partial charge < -0.3 is 15.3 Å². The second kappa shape index (κ2) is 5.45. The molecule has 8 aliphatic rings. The highest BCUT2D eigenvalue weighted by Gasteiger charge is 2.58. The van der Waals surface area contributed by atoms with E-state index in [-0.39, 0.29) is 28.1 Å². The molecule has 0 amide bonds. The summed E-state index contributed by atoms with van der Waals surface area (Å²) in [5.74, 6) is 4.96. The van der Waals surface area contributed by atoms with E-state index in [9.17, 15) is 15.3 Å². The summed E-state index contributed by atoms with van der Waals surface area (Å²) in [6.07, 6.45) is 15.2. The number of hydrogen-bond acceptors (Lipinski definition) is 3. The van der Waals surface area contributed by atoms with Gasteiger partial charge in [-0.2, -0.15) is 0 Å². The maximum absolute atomic E-state index is 11.3. The molecule has 0 atom stereocenters. The largest absolute Gasteiger partial charge is 0.507 e. The Morgan fingerprint density at radius 1 is 0.517 bits per heavy atom. The maximum Gasteiger partial charge on any atom is 0.161 e. The first-order chi connectivity index (χ1) is 13.9. The zero-order valence-corrected chi connectivity index (χ0v) is 17.4. The van der Waals surface area contributed by atoms with Gasteiger partial charge in [-0.3, -0.25) is 0 Å². The van der Waals surface area contributed by atoms with Gasteiger partial charge in [-0.05, 0) is 113 Å². The Bertz CT molecular complexity index is 814. The fraction of sp³-hybridized carbons (Fsp3) is 0.769. The molecule has 8 aliphatic carbocycles. The highest BCUT2D eigenvalue weighted by atomic mass is 16.3. The topological polar surface area (TPSA) is 60.7 Å². The lowest BCUT2D eigenvalue weighted by molar-refractivity contribution is -0.0191. The Kier molecular flexibility index (Phi) is 3.25. The van der Waals surface area contributed by atoms with E-state index in [1.54, 1.807) is 0 Å². The van der Waals surface area contributed by atoms with Crippen LogP contribution in [0.5, 0.6) is 17.2 Å². The highest BCUT2D eigenvalue weighted by Crippen LogP contribution is 2.68. The minimum Gasteiger partial charge on any atom is -0.507 e. The molecule has 8 bridgehead atoms. The standard InChI is InChI=1S/C26H34O3/c27-20-7-21(28)24(29)23(26-11-17-4-18(12-26)6-19(5-17)13-26)22(20)25-8-14-1-15(9-25)3-16(2-14)10-25/h7,14-19,27-29H,1-6,8-13H2. The van der Waals surface area contributed by atoms with Crippen molar-refractivity contribution in [2.24, 2.45) is 35.5 Å². The summed E-state index contributed by atoms with van der Waals surface area (Å²) >= 11 is 0. The summed E-state index contributed by atoms with van der Waals surface area (Å²) in [6, 6.07) is 1.45. The first-order valence-corrected chi connectivity index (χ1v) is 12.2. The third kappa shape index (κ3) is 2.25. The lowest BCUT2D eigenvalue weighted by atomic mass is 9.44. The monoisotopic (exact) mass is 394 g/mol. The molecule has 0 aromatic heterocycles. The van der Waals surface area contributed by atoms with Crippen LogP contribution in [0.25, 0.3) is 0 Å². The summed E-state index contributed by atoms with van der Waals surface area (Å²) in [4.78, 5) is 0. The van der Waals surface area contributed by atoms with Gasteiger partial charge in [0.2, 0.25) is 0 Å². The maximum atomic E-state index is 11.3. The molecule has 8 fully saturated rings. The predicted molar refractivity (Wildman–Crippen MR) is 111 cm³/mol. The van der Waals surface area contributed by atoms with Gasteiger partial charge in [-0.15, -0.1) is 0 Å². The number of phenols is 3. The molecule has 156 valence electrons. The van der Waals surface area contributed by atoms with Crippen molar-refractivity contribution in [2.45, 2.75) is 87.9 Å². The average Bonchev–Trinajstić information content (AvgIpc) is 2.62. The highest BCUT2D eigenvalue weighted by molar-refractivity contribution is 5.62. The lowest BCUT2D eigenvalue weighted by Crippen LogP contribution is -2.52. The van der Waals surface area contributed by atoms with Crippen LogP contribution in [-0.4, -0.2) is 15.3 Å². The van der Waals surface area contributed by atoms with Crippen LogP contribution in [0.1, 0.15) is 88.2 Å². The summed E-state index contributed by atoms with van der Waals surface area (Å²) in [5, 5.41) is 33.2. The van der Waals surface area contributed by atoms with Gasteiger partial charge in [-0.25, -0.2) is 0 Å². The second-order valence-electron chi connectivity index (χ2n) is 12.4. The fourth-order valence-corrected chi connectivity index (χ4v) is 10.5. The number of aromatic hydroxyl groups is 3. The van der Waals surface area contributed by atoms with E-state index in [2.05, 4.69) is 0 Å². The van der Waals surface area contributed by atoms with Gasteiger partial charge in [0, 0.05) is 28.0 Å². The zero-order valence-electron chi connectivity index (χ0n) is 17.4. The quantitative estimate of drug-likeness (QED) is 0.443. The Labute approximate surface area is 173 Å². The molecule has 0 aliphatic heterocycles. The third-order valence-corrected chi connectivity index (χ3v) is 10.4. The van der Waals surface area contributed by atoms with Crippen LogP contribution in [0.3, 0.4) is 0 Å². The van der Waals surface area contributed by atoms with Crippen LogP contribution in [-0.2, 0) is 10.8 Å². The van der Waals surface area contributed by atoms with E-state index in [4.69, 9.17) is 0 Å². The van der Waals surface area contributed by atoms with E-state index in [1.165, 1.54) is 63.9 Å². The first-order valence-electron chi connectivity index (χ1n) is 12.2. The van der Waals surface area contributed by atoms with Crippen molar-refractivity contribution in [1.29, 1.82) is 0 Å². The molecule has 0 saturated heterocycles. The van der Waals surface area contributed by atoms with E-state index in [0.29, 0.717) is 0 Å². The molecule has 3 heteroatoms. The van der Waals surface area contributed by atoms with E-state index < -0.39 is 0 Å². The van der Waals surface area contributed by atoms with Crippen LogP contribution in [0.2, 0.25) is 0 Å². The van der Waals surface area contributed by atoms with Crippen molar-refractivity contribution in [1.82, 2.24) is 0 Å². The van der Waals surface area contributed by atoms with E-state index >= 15 is 0 Å². The van der Waals surface area contributed by atoms with Crippen molar-refractivity contribution in [3.8, 4) is 17.2 Å². The Morgan fingerprint density at radius 2 is 0.862 bits per heavy atom. The second-order valence-corrected chi connectivity index (χ2v) is 12.4. The van der Waals surface area contributed by atoms with Crippen LogP contribution in [0.4, 0.5) is 0 Å². The number of hydrogen-bond donors (Lipinski definition) is 3. The molecule has 9 rings (SSSR count). The molecule has 1 aromatic carbocycles.